The highest BCUT2D eigenvalue weighted by Crippen LogP contribution is 2.31. The third-order valence-electron chi connectivity index (χ3n) is 7.23. The van der Waals surface area contributed by atoms with Gasteiger partial charge < -0.3 is 19.3 Å². The average molecular weight is 605 g/mol. The van der Waals surface area contributed by atoms with Crippen molar-refractivity contribution in [1.29, 1.82) is 0 Å². The van der Waals surface area contributed by atoms with E-state index in [4.69, 9.17) is 9.47 Å². The second-order valence-corrected chi connectivity index (χ2v) is 13.6. The number of carbonyl (C=O) groups is 3. The fourth-order valence-corrected chi connectivity index (χ4v) is 6.60. The summed E-state index contributed by atoms with van der Waals surface area (Å²) in [5.41, 5.74) is -0.465. The van der Waals surface area contributed by atoms with Crippen LogP contribution >= 0.6 is 0 Å². The fraction of sp³-hybridized carbons (Fsp3) is 0.571. The van der Waals surface area contributed by atoms with Gasteiger partial charge in [0.25, 0.3) is 0 Å². The Morgan fingerprint density at radius 1 is 1.02 bits per heavy atom. The molecule has 0 N–H and O–H groups in total. The molecule has 0 aliphatic carbocycles. The molecule has 3 heterocycles. The number of amides is 2. The number of hydrogen-bond acceptors (Lipinski definition) is 9. The van der Waals surface area contributed by atoms with Crippen LogP contribution in [0, 0.1) is 0 Å². The first-order valence-electron chi connectivity index (χ1n) is 14.0. The van der Waals surface area contributed by atoms with E-state index in [9.17, 15) is 22.8 Å². The molecular formula is C28H40N6O7S. The van der Waals surface area contributed by atoms with E-state index in [1.165, 1.54) is 26.3 Å². The van der Waals surface area contributed by atoms with E-state index < -0.39 is 45.7 Å². The Hall–Kier alpha value is -3.49. The van der Waals surface area contributed by atoms with E-state index in [-0.39, 0.29) is 23.6 Å². The summed E-state index contributed by atoms with van der Waals surface area (Å²) in [6.45, 7) is 9.51. The van der Waals surface area contributed by atoms with Gasteiger partial charge in [-0.3, -0.25) is 14.4 Å². The maximum Gasteiger partial charge on any atom is 0.415 e. The lowest BCUT2D eigenvalue weighted by Gasteiger charge is -2.34. The van der Waals surface area contributed by atoms with E-state index in [1.54, 1.807) is 63.9 Å². The number of aryl methyl sites for hydroxylation is 1. The molecule has 14 heteroatoms. The Balaban J connectivity index is 1.60. The van der Waals surface area contributed by atoms with Crippen LogP contribution in [-0.4, -0.2) is 108 Å². The van der Waals surface area contributed by atoms with Crippen LogP contribution in [0.4, 0.5) is 10.5 Å². The van der Waals surface area contributed by atoms with Crippen LogP contribution in [0.25, 0.3) is 0 Å². The van der Waals surface area contributed by atoms with E-state index in [0.717, 1.165) is 13.1 Å². The number of aromatic nitrogens is 2. The quantitative estimate of drug-likeness (QED) is 0.436. The molecule has 2 saturated heterocycles. The summed E-state index contributed by atoms with van der Waals surface area (Å²) < 4.78 is 40.6. The number of piperazine rings is 1. The minimum atomic E-state index is -4.02. The zero-order chi connectivity index (χ0) is 30.8. The Kier molecular flexibility index (Phi) is 9.28. The van der Waals surface area contributed by atoms with Crippen molar-refractivity contribution < 1.29 is 32.3 Å². The minimum absolute atomic E-state index is 0.0111. The number of benzene rings is 1. The molecule has 42 heavy (non-hydrogen) atoms. The molecule has 0 saturated carbocycles. The van der Waals surface area contributed by atoms with Gasteiger partial charge in [0.2, 0.25) is 15.9 Å². The number of rotatable bonds is 7. The summed E-state index contributed by atoms with van der Waals surface area (Å²) in [6.07, 6.45) is 2.94. The molecule has 2 fully saturated rings. The van der Waals surface area contributed by atoms with Crippen molar-refractivity contribution in [3.63, 3.8) is 0 Å². The summed E-state index contributed by atoms with van der Waals surface area (Å²) in [6, 6.07) is 4.13. The van der Waals surface area contributed by atoms with Gasteiger partial charge in [-0.25, -0.2) is 18.0 Å². The fourth-order valence-electron chi connectivity index (χ4n) is 4.97. The Morgan fingerprint density at radius 3 is 2.24 bits per heavy atom. The summed E-state index contributed by atoms with van der Waals surface area (Å²) in [7, 11) is -0.411. The van der Waals surface area contributed by atoms with Crippen LogP contribution in [0.5, 0.6) is 5.75 Å². The molecule has 4 rings (SSSR count). The molecule has 0 spiro atoms. The average Bonchev–Trinajstić information content (AvgIpc) is 3.59. The van der Waals surface area contributed by atoms with Crippen LogP contribution in [0.1, 0.15) is 40.5 Å². The molecule has 2 aliphatic heterocycles. The van der Waals surface area contributed by atoms with Crippen molar-refractivity contribution in [3.8, 4) is 5.75 Å². The predicted octanol–water partition coefficient (Wildman–Crippen LogP) is 2.08. The van der Waals surface area contributed by atoms with Gasteiger partial charge in [-0.15, -0.1) is 0 Å². The SMILES string of the molecule is C[C@@H](C(=O)OC(C)(C)C)N(C(=O)[C@@H]1CCCN1S(=O)(=O)c1cnn(C)c1)c1ccc(OC(=O)N2CCN(C)CC2)cc1. The van der Waals surface area contributed by atoms with Crippen molar-refractivity contribution >= 4 is 33.7 Å². The number of esters is 1. The number of nitrogens with zero attached hydrogens (tertiary/aromatic N) is 6. The van der Waals surface area contributed by atoms with Crippen LogP contribution in [0.3, 0.4) is 0 Å². The van der Waals surface area contributed by atoms with Crippen molar-refractivity contribution in [2.75, 3.05) is 44.7 Å². The summed E-state index contributed by atoms with van der Waals surface area (Å²) in [5.74, 6) is -0.914. The molecule has 2 atom stereocenters. The van der Waals surface area contributed by atoms with Crippen LogP contribution in [-0.2, 0) is 31.4 Å². The van der Waals surface area contributed by atoms with E-state index >= 15 is 0 Å². The maximum atomic E-state index is 14.1. The second-order valence-electron chi connectivity index (χ2n) is 11.7. The van der Waals surface area contributed by atoms with Gasteiger partial charge >= 0.3 is 12.1 Å². The molecule has 1 aromatic carbocycles. The second kappa shape index (κ2) is 12.4. The smallest absolute Gasteiger partial charge is 0.415 e. The topological polar surface area (TPSA) is 135 Å². The molecule has 13 nitrogen and oxygen atoms in total. The first kappa shape index (κ1) is 31.4. The lowest BCUT2D eigenvalue weighted by atomic mass is 10.1. The zero-order valence-corrected chi connectivity index (χ0v) is 25.8. The number of hydrogen-bond donors (Lipinski definition) is 0. The predicted molar refractivity (Wildman–Crippen MR) is 154 cm³/mol. The van der Waals surface area contributed by atoms with E-state index in [0.29, 0.717) is 25.2 Å². The Labute approximate surface area is 247 Å². The molecular weight excluding hydrogens is 564 g/mol. The largest absolute Gasteiger partial charge is 0.458 e. The van der Waals surface area contributed by atoms with E-state index in [1.807, 2.05) is 7.05 Å². The molecule has 0 radical (unpaired) electrons. The highest BCUT2D eigenvalue weighted by molar-refractivity contribution is 7.89. The van der Waals surface area contributed by atoms with Gasteiger partial charge in [0.1, 0.15) is 28.3 Å². The molecule has 0 unspecified atom stereocenters. The summed E-state index contributed by atoms with van der Waals surface area (Å²) in [4.78, 5) is 45.0. The highest BCUT2D eigenvalue weighted by atomic mass is 32.2. The molecule has 230 valence electrons. The molecule has 2 aliphatic rings. The first-order valence-corrected chi connectivity index (χ1v) is 15.4. The minimum Gasteiger partial charge on any atom is -0.458 e. The van der Waals surface area contributed by atoms with Gasteiger partial charge in [-0.1, -0.05) is 0 Å². The third-order valence-corrected chi connectivity index (χ3v) is 9.09. The van der Waals surface area contributed by atoms with Crippen molar-refractivity contribution in [2.24, 2.45) is 7.05 Å². The summed E-state index contributed by atoms with van der Waals surface area (Å²) >= 11 is 0. The Morgan fingerprint density at radius 2 is 1.67 bits per heavy atom. The van der Waals surface area contributed by atoms with Gasteiger partial charge in [0, 0.05) is 51.7 Å². The van der Waals surface area contributed by atoms with Crippen LogP contribution in [0.2, 0.25) is 0 Å². The first-order chi connectivity index (χ1) is 19.7. The van der Waals surface area contributed by atoms with Crippen molar-refractivity contribution in [1.82, 2.24) is 23.9 Å². The van der Waals surface area contributed by atoms with Gasteiger partial charge in [-0.05, 0) is 71.8 Å². The van der Waals surface area contributed by atoms with Gasteiger partial charge in [0.15, 0.2) is 0 Å². The lowest BCUT2D eigenvalue weighted by molar-refractivity contribution is -0.157. The number of carbonyl (C=O) groups excluding carboxylic acids is 3. The normalized spacial score (nSPS) is 19.4. The van der Waals surface area contributed by atoms with Crippen molar-refractivity contribution in [2.45, 2.75) is 63.1 Å². The number of ether oxygens (including phenoxy) is 2. The van der Waals surface area contributed by atoms with Crippen LogP contribution in [0.15, 0.2) is 41.6 Å². The van der Waals surface area contributed by atoms with Crippen LogP contribution < -0.4 is 9.64 Å². The monoisotopic (exact) mass is 604 g/mol. The number of anilines is 1. The standard InChI is InChI=1S/C28H40N6O7S/c1-20(26(36)41-28(2,3)4)34(21-9-11-22(12-10-21)40-27(37)32-16-14-30(5)15-17-32)25(35)24-8-7-13-33(24)42(38,39)23-18-29-31(6)19-23/h9-12,18-20,24H,7-8,13-17H2,1-6H3/t20-,24-/m0/s1. The molecule has 2 aromatic rings. The number of likely N-dealkylation sites (N-methyl/N-ethyl adjacent to an activating group) is 1. The third kappa shape index (κ3) is 7.10. The highest BCUT2D eigenvalue weighted by Gasteiger charge is 2.44. The summed E-state index contributed by atoms with van der Waals surface area (Å²) in [5, 5.41) is 3.97. The van der Waals surface area contributed by atoms with Gasteiger partial charge in [0.05, 0.1) is 6.20 Å². The lowest BCUT2D eigenvalue weighted by Crippen LogP contribution is -2.53. The Bertz CT molecular complexity index is 1390. The molecule has 1 aromatic heterocycles. The maximum absolute atomic E-state index is 14.1. The number of sulfonamides is 1. The molecule has 0 bridgehead atoms. The van der Waals surface area contributed by atoms with Crippen molar-refractivity contribution in [3.05, 3.63) is 36.7 Å². The molecule has 2 amide bonds. The van der Waals surface area contributed by atoms with E-state index in [2.05, 4.69) is 10.00 Å². The zero-order valence-electron chi connectivity index (χ0n) is 25.0. The van der Waals surface area contributed by atoms with Gasteiger partial charge in [-0.2, -0.15) is 9.40 Å².